The molecule has 0 radical (unpaired) electrons. The number of nitrogens with zero attached hydrogens (tertiary/aromatic N) is 1. The monoisotopic (exact) mass is 333 g/mol. The molecule has 1 nitrogen and oxygen atoms in total. The third-order valence-corrected chi connectivity index (χ3v) is 3.55. The van der Waals surface area contributed by atoms with Gasteiger partial charge in [-0.1, -0.05) is 11.6 Å². The van der Waals surface area contributed by atoms with Gasteiger partial charge in [0.25, 0.3) is 0 Å². The van der Waals surface area contributed by atoms with Gasteiger partial charge in [-0.25, -0.2) is 0 Å². The molecule has 0 saturated carbocycles. The molecule has 1 aromatic heterocycles. The van der Waals surface area contributed by atoms with Crippen molar-refractivity contribution in [2.45, 2.75) is 6.92 Å². The van der Waals surface area contributed by atoms with E-state index in [-0.39, 0.29) is 0 Å². The van der Waals surface area contributed by atoms with E-state index < -0.39 is 0 Å². The fourth-order valence-electron chi connectivity index (χ4n) is 1.33. The Balaban J connectivity index is 2.95. The first-order valence-corrected chi connectivity index (χ1v) is 5.96. The molecular formula is C10H6Br2ClN. The van der Waals surface area contributed by atoms with Crippen molar-refractivity contribution >= 4 is 54.4 Å². The third-order valence-electron chi connectivity index (χ3n) is 2.01. The van der Waals surface area contributed by atoms with Gasteiger partial charge in [0, 0.05) is 20.5 Å². The normalized spacial score (nSPS) is 10.9. The van der Waals surface area contributed by atoms with Crippen LogP contribution in [-0.2, 0) is 0 Å². The van der Waals surface area contributed by atoms with Gasteiger partial charge in [0.2, 0.25) is 0 Å². The Bertz CT molecular complexity index is 511. The number of aromatic nitrogens is 1. The second kappa shape index (κ2) is 3.80. The summed E-state index contributed by atoms with van der Waals surface area (Å²) in [7, 11) is 0. The lowest BCUT2D eigenvalue weighted by molar-refractivity contribution is 1.36. The minimum atomic E-state index is 0.761. The highest BCUT2D eigenvalue weighted by Gasteiger charge is 2.07. The summed E-state index contributed by atoms with van der Waals surface area (Å²) in [6.45, 7) is 1.98. The lowest BCUT2D eigenvalue weighted by Gasteiger charge is -2.05. The van der Waals surface area contributed by atoms with Gasteiger partial charge < -0.3 is 0 Å². The second-order valence-corrected chi connectivity index (χ2v) is 5.19. The van der Waals surface area contributed by atoms with Gasteiger partial charge in [0.05, 0.1) is 10.5 Å². The molecule has 0 spiro atoms. The van der Waals surface area contributed by atoms with Crippen LogP contribution in [0.2, 0.25) is 5.02 Å². The van der Waals surface area contributed by atoms with Crippen LogP contribution >= 0.6 is 43.5 Å². The zero-order chi connectivity index (χ0) is 10.3. The molecule has 0 unspecified atom stereocenters. The van der Waals surface area contributed by atoms with Crippen molar-refractivity contribution < 1.29 is 0 Å². The quantitative estimate of drug-likeness (QED) is 0.679. The molecule has 0 N–H and O–H groups in total. The molecule has 1 heterocycles. The summed E-state index contributed by atoms with van der Waals surface area (Å²) in [6.07, 6.45) is 1.76. The molecule has 0 aliphatic carbocycles. The van der Waals surface area contributed by atoms with E-state index in [2.05, 4.69) is 36.8 Å². The van der Waals surface area contributed by atoms with Crippen molar-refractivity contribution in [3.05, 3.63) is 37.9 Å². The first-order chi connectivity index (χ1) is 6.59. The van der Waals surface area contributed by atoms with Gasteiger partial charge in [0.15, 0.2) is 0 Å². The largest absolute Gasteiger partial charge is 0.254 e. The molecule has 0 saturated heterocycles. The predicted molar refractivity (Wildman–Crippen MR) is 66.9 cm³/mol. The average molecular weight is 335 g/mol. The van der Waals surface area contributed by atoms with Gasteiger partial charge >= 0.3 is 0 Å². The molecule has 0 fully saturated rings. The molecule has 2 aromatic rings. The van der Waals surface area contributed by atoms with Gasteiger partial charge in [-0.05, 0) is 56.5 Å². The van der Waals surface area contributed by atoms with Crippen molar-refractivity contribution in [3.8, 4) is 0 Å². The van der Waals surface area contributed by atoms with Gasteiger partial charge in [-0.3, -0.25) is 4.98 Å². The summed E-state index contributed by atoms with van der Waals surface area (Å²) in [4.78, 5) is 4.30. The van der Waals surface area contributed by atoms with E-state index in [9.17, 15) is 0 Å². The van der Waals surface area contributed by atoms with Crippen LogP contribution in [0.5, 0.6) is 0 Å². The average Bonchev–Trinajstić information content (AvgIpc) is 2.14. The van der Waals surface area contributed by atoms with E-state index in [1.165, 1.54) is 0 Å². The van der Waals surface area contributed by atoms with Crippen molar-refractivity contribution in [2.75, 3.05) is 0 Å². The van der Waals surface area contributed by atoms with E-state index in [0.29, 0.717) is 0 Å². The van der Waals surface area contributed by atoms with Gasteiger partial charge in [-0.15, -0.1) is 0 Å². The Morgan fingerprint density at radius 2 is 2.00 bits per heavy atom. The fraction of sp³-hybridized carbons (Fsp3) is 0.100. The van der Waals surface area contributed by atoms with Crippen LogP contribution in [-0.4, -0.2) is 4.98 Å². The van der Waals surface area contributed by atoms with Crippen molar-refractivity contribution in [3.63, 3.8) is 0 Å². The number of halogens is 3. The number of rotatable bonds is 0. The Hall–Kier alpha value is -0.120. The zero-order valence-electron chi connectivity index (χ0n) is 7.31. The Morgan fingerprint density at radius 3 is 2.71 bits per heavy atom. The highest BCUT2D eigenvalue weighted by Crippen LogP contribution is 2.32. The number of pyridine rings is 1. The molecule has 0 amide bonds. The summed E-state index contributed by atoms with van der Waals surface area (Å²) in [6, 6.07) is 3.95. The second-order valence-electron chi connectivity index (χ2n) is 3.04. The van der Waals surface area contributed by atoms with Crippen molar-refractivity contribution in [1.29, 1.82) is 0 Å². The molecule has 0 bridgehead atoms. The van der Waals surface area contributed by atoms with Crippen LogP contribution in [0, 0.1) is 6.92 Å². The zero-order valence-corrected chi connectivity index (χ0v) is 11.2. The van der Waals surface area contributed by atoms with Crippen LogP contribution in [0.1, 0.15) is 5.56 Å². The SMILES string of the molecule is Cc1cc(Br)c2ncc(Br)cc2c1Cl. The maximum atomic E-state index is 6.19. The van der Waals surface area contributed by atoms with E-state index in [1.54, 1.807) is 6.20 Å². The van der Waals surface area contributed by atoms with E-state index >= 15 is 0 Å². The Morgan fingerprint density at radius 1 is 1.29 bits per heavy atom. The summed E-state index contributed by atoms with van der Waals surface area (Å²) < 4.78 is 1.91. The number of benzene rings is 1. The van der Waals surface area contributed by atoms with Crippen LogP contribution < -0.4 is 0 Å². The highest BCUT2D eigenvalue weighted by atomic mass is 79.9. The summed E-state index contributed by atoms with van der Waals surface area (Å²) in [5.74, 6) is 0. The van der Waals surface area contributed by atoms with E-state index in [0.717, 1.165) is 30.4 Å². The van der Waals surface area contributed by atoms with Crippen LogP contribution in [0.15, 0.2) is 27.3 Å². The first-order valence-electron chi connectivity index (χ1n) is 3.99. The maximum Gasteiger partial charge on any atom is 0.0859 e. The molecule has 1 aromatic carbocycles. The maximum absolute atomic E-state index is 6.19. The summed E-state index contributed by atoms with van der Waals surface area (Å²) in [5.41, 5.74) is 1.94. The smallest absolute Gasteiger partial charge is 0.0859 e. The first kappa shape index (κ1) is 10.4. The van der Waals surface area contributed by atoms with E-state index in [4.69, 9.17) is 11.6 Å². The number of fused-ring (bicyclic) bond motifs is 1. The van der Waals surface area contributed by atoms with Crippen LogP contribution in [0.3, 0.4) is 0 Å². The molecule has 72 valence electrons. The lowest BCUT2D eigenvalue weighted by atomic mass is 10.1. The minimum Gasteiger partial charge on any atom is -0.254 e. The number of hydrogen-bond acceptors (Lipinski definition) is 1. The standard InChI is InChI=1S/C10H6Br2ClN/c1-5-2-8(12)10-7(9(5)13)3-6(11)4-14-10/h2-4H,1H3. The van der Waals surface area contributed by atoms with Crippen molar-refractivity contribution in [1.82, 2.24) is 4.98 Å². The summed E-state index contributed by atoms with van der Waals surface area (Å²) in [5, 5.41) is 1.73. The van der Waals surface area contributed by atoms with Crippen LogP contribution in [0.25, 0.3) is 10.9 Å². The third kappa shape index (κ3) is 1.69. The Labute approximate surface area is 104 Å². The van der Waals surface area contributed by atoms with Crippen LogP contribution in [0.4, 0.5) is 0 Å². The molecule has 0 aliphatic rings. The summed E-state index contributed by atoms with van der Waals surface area (Å²) >= 11 is 13.0. The minimum absolute atomic E-state index is 0.761. The number of aryl methyl sites for hydroxylation is 1. The predicted octanol–water partition coefficient (Wildman–Crippen LogP) is 4.72. The highest BCUT2D eigenvalue weighted by molar-refractivity contribution is 9.11. The lowest BCUT2D eigenvalue weighted by Crippen LogP contribution is -1.85. The Kier molecular flexibility index (Phi) is 2.82. The topological polar surface area (TPSA) is 12.9 Å². The molecule has 0 atom stereocenters. The van der Waals surface area contributed by atoms with Gasteiger partial charge in [0.1, 0.15) is 0 Å². The molecule has 2 rings (SSSR count). The van der Waals surface area contributed by atoms with E-state index in [1.807, 2.05) is 19.1 Å². The number of hydrogen-bond donors (Lipinski definition) is 0. The molecule has 4 heteroatoms. The fourth-order valence-corrected chi connectivity index (χ4v) is 2.52. The van der Waals surface area contributed by atoms with Gasteiger partial charge in [-0.2, -0.15) is 0 Å². The molecule has 0 aliphatic heterocycles. The van der Waals surface area contributed by atoms with Crippen molar-refractivity contribution in [2.24, 2.45) is 0 Å². The molecule has 14 heavy (non-hydrogen) atoms. The molecular weight excluding hydrogens is 329 g/mol.